The minimum Gasteiger partial charge on any atom is -0.339 e. The summed E-state index contributed by atoms with van der Waals surface area (Å²) in [7, 11) is 1.77. The SMILES string of the molecule is C[C@@H]1Cc2nn3c(c2CN1C(=O)c1ccc(Cl)c(C#N)c1)C(=O)N(C)CC3. The first-order valence-corrected chi connectivity index (χ1v) is 9.13. The molecule has 2 aromatic rings. The quantitative estimate of drug-likeness (QED) is 0.754. The predicted molar refractivity (Wildman–Crippen MR) is 98.4 cm³/mol. The number of amides is 2. The van der Waals surface area contributed by atoms with Gasteiger partial charge in [0.1, 0.15) is 11.8 Å². The lowest BCUT2D eigenvalue weighted by Gasteiger charge is -2.33. The first-order chi connectivity index (χ1) is 12.9. The number of carbonyl (C=O) groups is 2. The number of likely N-dealkylation sites (N-methyl/N-ethyl adjacent to an activating group) is 1. The lowest BCUT2D eigenvalue weighted by atomic mass is 9.97. The molecule has 1 aromatic carbocycles. The summed E-state index contributed by atoms with van der Waals surface area (Å²) in [6, 6.07) is 6.64. The Morgan fingerprint density at radius 2 is 2.15 bits per heavy atom. The molecule has 7 nitrogen and oxygen atoms in total. The van der Waals surface area contributed by atoms with Crippen molar-refractivity contribution in [1.82, 2.24) is 19.6 Å². The summed E-state index contributed by atoms with van der Waals surface area (Å²) in [5, 5.41) is 14.1. The lowest BCUT2D eigenvalue weighted by molar-refractivity contribution is 0.0648. The van der Waals surface area contributed by atoms with Crippen LogP contribution in [0.1, 0.15) is 44.6 Å². The third kappa shape index (κ3) is 2.77. The van der Waals surface area contributed by atoms with Crippen LogP contribution in [0.25, 0.3) is 0 Å². The molecule has 8 heteroatoms. The summed E-state index contributed by atoms with van der Waals surface area (Å²) in [6.45, 7) is 3.59. The van der Waals surface area contributed by atoms with E-state index in [4.69, 9.17) is 16.9 Å². The molecule has 27 heavy (non-hydrogen) atoms. The fourth-order valence-electron chi connectivity index (χ4n) is 3.70. The number of nitrogens with zero attached hydrogens (tertiary/aromatic N) is 5. The van der Waals surface area contributed by atoms with Crippen LogP contribution < -0.4 is 0 Å². The van der Waals surface area contributed by atoms with Crippen molar-refractivity contribution >= 4 is 23.4 Å². The van der Waals surface area contributed by atoms with Gasteiger partial charge in [0.2, 0.25) is 0 Å². The summed E-state index contributed by atoms with van der Waals surface area (Å²) in [6.07, 6.45) is 0.594. The molecule has 2 aliphatic heterocycles. The minimum atomic E-state index is -0.183. The Labute approximate surface area is 161 Å². The van der Waals surface area contributed by atoms with Crippen molar-refractivity contribution < 1.29 is 9.59 Å². The van der Waals surface area contributed by atoms with Gasteiger partial charge in [-0.1, -0.05) is 11.6 Å². The van der Waals surface area contributed by atoms with Gasteiger partial charge in [-0.3, -0.25) is 14.3 Å². The first-order valence-electron chi connectivity index (χ1n) is 8.75. The van der Waals surface area contributed by atoms with Crippen LogP contribution in [0.4, 0.5) is 0 Å². The minimum absolute atomic E-state index is 0.0593. The molecule has 138 valence electrons. The lowest BCUT2D eigenvalue weighted by Crippen LogP contribution is -2.43. The molecule has 0 spiro atoms. The van der Waals surface area contributed by atoms with Crippen LogP contribution in [0.5, 0.6) is 0 Å². The number of hydrogen-bond acceptors (Lipinski definition) is 4. The highest BCUT2D eigenvalue weighted by Crippen LogP contribution is 2.29. The fourth-order valence-corrected chi connectivity index (χ4v) is 3.86. The second-order valence-corrected chi connectivity index (χ2v) is 7.42. The predicted octanol–water partition coefficient (Wildman–Crippen LogP) is 2.08. The Morgan fingerprint density at radius 3 is 2.89 bits per heavy atom. The van der Waals surface area contributed by atoms with Crippen molar-refractivity contribution in [2.75, 3.05) is 13.6 Å². The van der Waals surface area contributed by atoms with E-state index in [9.17, 15) is 9.59 Å². The molecule has 2 amide bonds. The van der Waals surface area contributed by atoms with Crippen molar-refractivity contribution in [2.24, 2.45) is 0 Å². The van der Waals surface area contributed by atoms with Gasteiger partial charge in [0.15, 0.2) is 0 Å². The molecule has 3 heterocycles. The third-order valence-electron chi connectivity index (χ3n) is 5.27. The van der Waals surface area contributed by atoms with E-state index in [1.807, 2.05) is 13.0 Å². The summed E-state index contributed by atoms with van der Waals surface area (Å²) in [5.74, 6) is -0.243. The highest BCUT2D eigenvalue weighted by Gasteiger charge is 2.36. The van der Waals surface area contributed by atoms with E-state index in [1.165, 1.54) is 6.07 Å². The Balaban J connectivity index is 1.70. The van der Waals surface area contributed by atoms with E-state index < -0.39 is 0 Å². The molecule has 0 saturated heterocycles. The number of carbonyl (C=O) groups excluding carboxylic acids is 2. The number of nitriles is 1. The monoisotopic (exact) mass is 383 g/mol. The Morgan fingerprint density at radius 1 is 1.37 bits per heavy atom. The summed E-state index contributed by atoms with van der Waals surface area (Å²) < 4.78 is 1.77. The maximum Gasteiger partial charge on any atom is 0.272 e. The number of rotatable bonds is 1. The topological polar surface area (TPSA) is 82.2 Å². The van der Waals surface area contributed by atoms with Crippen LogP contribution in [0, 0.1) is 11.3 Å². The molecular weight excluding hydrogens is 366 g/mol. The van der Waals surface area contributed by atoms with E-state index in [-0.39, 0.29) is 23.4 Å². The highest BCUT2D eigenvalue weighted by atomic mass is 35.5. The molecule has 0 aliphatic carbocycles. The van der Waals surface area contributed by atoms with Crippen LogP contribution in [0.15, 0.2) is 18.2 Å². The van der Waals surface area contributed by atoms with Crippen LogP contribution in [-0.2, 0) is 19.5 Å². The molecule has 0 fully saturated rings. The van der Waals surface area contributed by atoms with Crippen molar-refractivity contribution in [3.05, 3.63) is 51.3 Å². The summed E-state index contributed by atoms with van der Waals surface area (Å²) >= 11 is 5.98. The first kappa shape index (κ1) is 17.6. The largest absolute Gasteiger partial charge is 0.339 e. The molecule has 0 unspecified atom stereocenters. The van der Waals surface area contributed by atoms with Gasteiger partial charge in [-0.15, -0.1) is 0 Å². The van der Waals surface area contributed by atoms with Crippen LogP contribution in [-0.4, -0.2) is 51.0 Å². The van der Waals surface area contributed by atoms with Gasteiger partial charge in [-0.2, -0.15) is 10.4 Å². The van der Waals surface area contributed by atoms with Crippen molar-refractivity contribution in [2.45, 2.75) is 32.5 Å². The molecule has 0 N–H and O–H groups in total. The van der Waals surface area contributed by atoms with Gasteiger partial charge in [-0.05, 0) is 25.1 Å². The maximum absolute atomic E-state index is 13.1. The Hall–Kier alpha value is -2.85. The zero-order valence-electron chi connectivity index (χ0n) is 15.1. The van der Waals surface area contributed by atoms with Gasteiger partial charge in [0.25, 0.3) is 11.8 Å². The molecule has 2 aliphatic rings. The summed E-state index contributed by atoms with van der Waals surface area (Å²) in [4.78, 5) is 29.1. The maximum atomic E-state index is 13.1. The van der Waals surface area contributed by atoms with Crippen molar-refractivity contribution in [1.29, 1.82) is 5.26 Å². The molecular formula is C19H18ClN5O2. The highest BCUT2D eigenvalue weighted by molar-refractivity contribution is 6.31. The van der Waals surface area contributed by atoms with Crippen LogP contribution >= 0.6 is 11.6 Å². The van der Waals surface area contributed by atoms with E-state index in [0.717, 1.165) is 11.3 Å². The van der Waals surface area contributed by atoms with Gasteiger partial charge in [0, 0.05) is 37.2 Å². The number of hydrogen-bond donors (Lipinski definition) is 0. The van der Waals surface area contributed by atoms with Gasteiger partial charge in [0.05, 0.1) is 29.4 Å². The van der Waals surface area contributed by atoms with E-state index in [2.05, 4.69) is 5.10 Å². The Bertz CT molecular complexity index is 1010. The number of benzene rings is 1. The average Bonchev–Trinajstić information content (AvgIpc) is 3.01. The molecule has 4 rings (SSSR count). The zero-order chi connectivity index (χ0) is 19.3. The van der Waals surface area contributed by atoms with Crippen LogP contribution in [0.2, 0.25) is 5.02 Å². The second kappa shape index (κ2) is 6.39. The smallest absolute Gasteiger partial charge is 0.272 e. The summed E-state index contributed by atoms with van der Waals surface area (Å²) in [5.41, 5.74) is 2.98. The van der Waals surface area contributed by atoms with Crippen LogP contribution in [0.3, 0.4) is 0 Å². The van der Waals surface area contributed by atoms with Crippen molar-refractivity contribution in [3.63, 3.8) is 0 Å². The second-order valence-electron chi connectivity index (χ2n) is 7.02. The van der Waals surface area contributed by atoms with Crippen molar-refractivity contribution in [3.8, 4) is 6.07 Å². The normalized spacial score (nSPS) is 18.7. The number of halogens is 1. The fraction of sp³-hybridized carbons (Fsp3) is 0.368. The average molecular weight is 384 g/mol. The van der Waals surface area contributed by atoms with E-state index in [0.29, 0.717) is 42.3 Å². The van der Waals surface area contributed by atoms with Gasteiger partial charge >= 0.3 is 0 Å². The third-order valence-corrected chi connectivity index (χ3v) is 5.60. The molecule has 1 aromatic heterocycles. The van der Waals surface area contributed by atoms with E-state index >= 15 is 0 Å². The van der Waals surface area contributed by atoms with Gasteiger partial charge in [-0.25, -0.2) is 0 Å². The van der Waals surface area contributed by atoms with Gasteiger partial charge < -0.3 is 9.80 Å². The molecule has 1 atom stereocenters. The molecule has 0 radical (unpaired) electrons. The van der Waals surface area contributed by atoms with E-state index in [1.54, 1.807) is 33.7 Å². The molecule has 0 saturated carbocycles. The number of fused-ring (bicyclic) bond motifs is 3. The standard InChI is InChI=1S/C19H18ClN5O2/c1-11-7-16-14(17-19(27)23(2)5-6-25(17)22-16)10-24(11)18(26)12-3-4-15(20)13(8-12)9-21/h3-4,8,11H,5-7,10H2,1-2H3/t11-/m1/s1. The molecule has 0 bridgehead atoms. The Kier molecular flexibility index (Phi) is 4.16. The zero-order valence-corrected chi connectivity index (χ0v) is 15.8. The number of aromatic nitrogens is 2.